The van der Waals surface area contributed by atoms with Gasteiger partial charge in [0.05, 0.1) is 6.10 Å². The van der Waals surface area contributed by atoms with Crippen molar-refractivity contribution in [2.24, 2.45) is 13.0 Å². The highest BCUT2D eigenvalue weighted by atomic mass is 16.5. The van der Waals surface area contributed by atoms with E-state index in [0.29, 0.717) is 12.0 Å². The highest BCUT2D eigenvalue weighted by Crippen LogP contribution is 2.30. The van der Waals surface area contributed by atoms with Crippen molar-refractivity contribution in [1.29, 1.82) is 0 Å². The van der Waals surface area contributed by atoms with Crippen molar-refractivity contribution in [1.82, 2.24) is 14.5 Å². The Morgan fingerprint density at radius 3 is 2.67 bits per heavy atom. The summed E-state index contributed by atoms with van der Waals surface area (Å²) in [5, 5.41) is 10.6. The number of aryl methyl sites for hydroxylation is 1. The first-order valence-corrected chi connectivity index (χ1v) is 10.3. The van der Waals surface area contributed by atoms with Gasteiger partial charge in [-0.1, -0.05) is 12.1 Å². The summed E-state index contributed by atoms with van der Waals surface area (Å²) in [6.07, 6.45) is 10.6. The molecule has 1 aliphatic carbocycles. The fourth-order valence-corrected chi connectivity index (χ4v) is 4.47. The monoisotopic (exact) mass is 369 g/mol. The van der Waals surface area contributed by atoms with Gasteiger partial charge >= 0.3 is 0 Å². The van der Waals surface area contributed by atoms with Gasteiger partial charge in [0.2, 0.25) is 0 Å². The van der Waals surface area contributed by atoms with Crippen molar-refractivity contribution in [2.45, 2.75) is 57.3 Å². The molecule has 2 heterocycles. The van der Waals surface area contributed by atoms with Crippen molar-refractivity contribution in [2.75, 3.05) is 13.1 Å². The molecule has 1 atom stereocenters. The molecule has 0 bridgehead atoms. The number of benzene rings is 1. The molecule has 2 aliphatic rings. The lowest BCUT2D eigenvalue weighted by Gasteiger charge is -2.34. The molecule has 146 valence electrons. The topological polar surface area (TPSA) is 50.5 Å². The average molecular weight is 370 g/mol. The Balaban J connectivity index is 1.29. The number of hydrogen-bond donors (Lipinski definition) is 1. The van der Waals surface area contributed by atoms with E-state index in [1.165, 1.54) is 31.2 Å². The Labute approximate surface area is 162 Å². The van der Waals surface area contributed by atoms with Gasteiger partial charge in [-0.3, -0.25) is 4.90 Å². The molecule has 0 spiro atoms. The molecule has 2 aromatic rings. The maximum Gasteiger partial charge on any atom is 0.137 e. The quantitative estimate of drug-likeness (QED) is 0.844. The van der Waals surface area contributed by atoms with Crippen molar-refractivity contribution in [3.8, 4) is 5.75 Å². The zero-order valence-corrected chi connectivity index (χ0v) is 16.3. The predicted octanol–water partition coefficient (Wildman–Crippen LogP) is 3.69. The van der Waals surface area contributed by atoms with Gasteiger partial charge in [-0.05, 0) is 75.2 Å². The summed E-state index contributed by atoms with van der Waals surface area (Å²) in [4.78, 5) is 6.80. The Kier molecular flexibility index (Phi) is 5.79. The van der Waals surface area contributed by atoms with Gasteiger partial charge in [0, 0.05) is 26.0 Å². The summed E-state index contributed by atoms with van der Waals surface area (Å²) in [7, 11) is 1.95. The van der Waals surface area contributed by atoms with Crippen molar-refractivity contribution >= 4 is 0 Å². The van der Waals surface area contributed by atoms with E-state index in [9.17, 15) is 5.11 Å². The first kappa shape index (κ1) is 18.5. The van der Waals surface area contributed by atoms with Gasteiger partial charge in [0.25, 0.3) is 0 Å². The summed E-state index contributed by atoms with van der Waals surface area (Å²) < 4.78 is 8.07. The second-order valence-corrected chi connectivity index (χ2v) is 8.13. The number of aromatic nitrogens is 2. The standard InChI is InChI=1S/C22H31N3O2/c1-24-14-11-23-22(24)21(26)18-9-12-25(13-10-18)16-17-5-4-8-20(15-17)27-19-6-2-3-7-19/h4-5,8,11,14-15,18-19,21,26H,2-3,6-7,9-10,12-13,16H2,1H3/t21-/m1/s1. The second kappa shape index (κ2) is 8.44. The molecule has 2 fully saturated rings. The molecule has 1 saturated carbocycles. The van der Waals surface area contributed by atoms with Crippen molar-refractivity contribution < 1.29 is 9.84 Å². The van der Waals surface area contributed by atoms with E-state index in [1.807, 2.05) is 17.8 Å². The van der Waals surface area contributed by atoms with Gasteiger partial charge < -0.3 is 14.4 Å². The van der Waals surface area contributed by atoms with Crippen LogP contribution in [0.25, 0.3) is 0 Å². The fourth-order valence-electron chi connectivity index (χ4n) is 4.47. The fraction of sp³-hybridized carbons (Fsp3) is 0.591. The number of piperidine rings is 1. The summed E-state index contributed by atoms with van der Waals surface area (Å²) in [6.45, 7) is 2.98. The minimum Gasteiger partial charge on any atom is -0.490 e. The van der Waals surface area contributed by atoms with Crippen molar-refractivity contribution in [3.05, 3.63) is 48.0 Å². The molecule has 5 heteroatoms. The number of hydrogen-bond acceptors (Lipinski definition) is 4. The van der Waals surface area contributed by atoms with Crippen LogP contribution in [0, 0.1) is 5.92 Å². The molecule has 1 aromatic carbocycles. The highest BCUT2D eigenvalue weighted by Gasteiger charge is 2.28. The number of likely N-dealkylation sites (tertiary alicyclic amines) is 1. The predicted molar refractivity (Wildman–Crippen MR) is 105 cm³/mol. The third kappa shape index (κ3) is 4.53. The van der Waals surface area contributed by atoms with Crippen LogP contribution in [0.4, 0.5) is 0 Å². The van der Waals surface area contributed by atoms with E-state index in [0.717, 1.165) is 44.0 Å². The normalized spacial score (nSPS) is 20.8. The van der Waals surface area contributed by atoms with Crippen LogP contribution in [0.5, 0.6) is 5.75 Å². The average Bonchev–Trinajstić information content (AvgIpc) is 3.34. The number of rotatable bonds is 6. The SMILES string of the molecule is Cn1ccnc1[C@H](O)C1CCN(Cc2cccc(OC3CCCC3)c2)CC1. The molecule has 5 nitrogen and oxygen atoms in total. The van der Waals surface area contributed by atoms with Crippen LogP contribution in [0.15, 0.2) is 36.7 Å². The number of aliphatic hydroxyl groups excluding tert-OH is 1. The van der Waals surface area contributed by atoms with Crippen LogP contribution in [0.2, 0.25) is 0 Å². The van der Waals surface area contributed by atoms with Crippen LogP contribution >= 0.6 is 0 Å². The van der Waals surface area contributed by atoms with Crippen LogP contribution in [0.3, 0.4) is 0 Å². The molecule has 0 radical (unpaired) electrons. The van der Waals surface area contributed by atoms with E-state index in [-0.39, 0.29) is 0 Å². The van der Waals surface area contributed by atoms with Gasteiger partial charge in [-0.15, -0.1) is 0 Å². The first-order valence-electron chi connectivity index (χ1n) is 10.3. The molecular formula is C22H31N3O2. The minimum absolute atomic E-state index is 0.291. The van der Waals surface area contributed by atoms with E-state index >= 15 is 0 Å². The maximum absolute atomic E-state index is 10.6. The first-order chi connectivity index (χ1) is 13.2. The smallest absolute Gasteiger partial charge is 0.137 e. The summed E-state index contributed by atoms with van der Waals surface area (Å²) in [5.41, 5.74) is 1.31. The lowest BCUT2D eigenvalue weighted by molar-refractivity contribution is 0.0492. The van der Waals surface area contributed by atoms with E-state index in [2.05, 4.69) is 34.1 Å². The molecule has 4 rings (SSSR count). The van der Waals surface area contributed by atoms with Crippen LogP contribution in [-0.2, 0) is 13.6 Å². The molecule has 1 saturated heterocycles. The van der Waals surface area contributed by atoms with Gasteiger partial charge in [-0.2, -0.15) is 0 Å². The zero-order valence-electron chi connectivity index (χ0n) is 16.3. The Morgan fingerprint density at radius 1 is 1.19 bits per heavy atom. The molecule has 0 unspecified atom stereocenters. The molecule has 1 aliphatic heterocycles. The molecular weight excluding hydrogens is 338 g/mol. The summed E-state index contributed by atoms with van der Waals surface area (Å²) >= 11 is 0. The van der Waals surface area contributed by atoms with E-state index < -0.39 is 6.10 Å². The van der Waals surface area contributed by atoms with Gasteiger partial charge in [0.1, 0.15) is 17.7 Å². The largest absolute Gasteiger partial charge is 0.490 e. The molecule has 1 aromatic heterocycles. The van der Waals surface area contributed by atoms with Crippen LogP contribution in [-0.4, -0.2) is 38.8 Å². The Bertz CT molecular complexity index is 731. The third-order valence-electron chi connectivity index (χ3n) is 6.11. The minimum atomic E-state index is -0.463. The van der Waals surface area contributed by atoms with Crippen LogP contribution in [0.1, 0.15) is 56.0 Å². The number of nitrogens with zero attached hydrogens (tertiary/aromatic N) is 3. The lowest BCUT2D eigenvalue weighted by atomic mass is 9.90. The maximum atomic E-state index is 10.6. The Hall–Kier alpha value is -1.85. The second-order valence-electron chi connectivity index (χ2n) is 8.13. The van der Waals surface area contributed by atoms with E-state index in [1.54, 1.807) is 6.20 Å². The molecule has 27 heavy (non-hydrogen) atoms. The van der Waals surface area contributed by atoms with Gasteiger partial charge in [-0.25, -0.2) is 4.98 Å². The van der Waals surface area contributed by atoms with Gasteiger partial charge in [0.15, 0.2) is 0 Å². The number of aliphatic hydroxyl groups is 1. The van der Waals surface area contributed by atoms with Crippen LogP contribution < -0.4 is 4.74 Å². The van der Waals surface area contributed by atoms with Crippen molar-refractivity contribution in [3.63, 3.8) is 0 Å². The van der Waals surface area contributed by atoms with E-state index in [4.69, 9.17) is 4.74 Å². The summed E-state index contributed by atoms with van der Waals surface area (Å²) in [6, 6.07) is 8.58. The number of imidazole rings is 1. The lowest BCUT2D eigenvalue weighted by Crippen LogP contribution is -2.35. The number of ether oxygens (including phenoxy) is 1. The summed E-state index contributed by atoms with van der Waals surface area (Å²) in [5.74, 6) is 2.09. The third-order valence-corrected chi connectivity index (χ3v) is 6.11. The highest BCUT2D eigenvalue weighted by molar-refractivity contribution is 5.28. The molecule has 0 amide bonds. The molecule has 1 N–H and O–H groups in total. The Morgan fingerprint density at radius 2 is 1.96 bits per heavy atom. The zero-order chi connectivity index (χ0) is 18.6.